The average molecular weight is 544 g/mol. The van der Waals surface area contributed by atoms with Gasteiger partial charge in [-0.05, 0) is 54.3 Å². The number of halogens is 2. The number of benzene rings is 3. The summed E-state index contributed by atoms with van der Waals surface area (Å²) in [7, 11) is 0. The first kappa shape index (κ1) is 28.1. The molecule has 0 fully saturated rings. The molecule has 0 heterocycles. The second-order valence-electron chi connectivity index (χ2n) is 8.79. The summed E-state index contributed by atoms with van der Waals surface area (Å²) in [5.74, 6) is 0.679. The van der Waals surface area contributed by atoms with Crippen LogP contribution in [0.2, 0.25) is 10.0 Å². The molecule has 0 aromatic heterocycles. The van der Waals surface area contributed by atoms with Crippen LogP contribution < -0.4 is 5.32 Å². The highest BCUT2D eigenvalue weighted by atomic mass is 35.5. The van der Waals surface area contributed by atoms with Gasteiger partial charge in [-0.2, -0.15) is 0 Å². The quantitative estimate of drug-likeness (QED) is 0.274. The lowest BCUT2D eigenvalue weighted by atomic mass is 10.0. The van der Waals surface area contributed by atoms with E-state index in [0.29, 0.717) is 28.8 Å². The Balaban J connectivity index is 1.85. The van der Waals surface area contributed by atoms with E-state index >= 15 is 0 Å². The molecule has 4 nitrogen and oxygen atoms in total. The average Bonchev–Trinajstić information content (AvgIpc) is 2.87. The molecule has 0 unspecified atom stereocenters. The molecule has 0 aliphatic rings. The fourth-order valence-corrected chi connectivity index (χ4v) is 4.94. The molecule has 1 N–H and O–H groups in total. The highest BCUT2D eigenvalue weighted by molar-refractivity contribution is 7.99. The molecule has 0 aliphatic heterocycles. The van der Waals surface area contributed by atoms with Crippen LogP contribution in [0.25, 0.3) is 0 Å². The molecule has 0 saturated heterocycles. The molecule has 3 rings (SSSR count). The van der Waals surface area contributed by atoms with Crippen molar-refractivity contribution in [3.63, 3.8) is 0 Å². The zero-order chi connectivity index (χ0) is 25.9. The number of hydrogen-bond donors (Lipinski definition) is 1. The first-order valence-corrected chi connectivity index (χ1v) is 14.0. The summed E-state index contributed by atoms with van der Waals surface area (Å²) in [6.07, 6.45) is 1.24. The molecule has 3 aromatic carbocycles. The number of thioether (sulfide) groups is 1. The molecule has 3 aromatic rings. The second-order valence-corrected chi connectivity index (χ2v) is 10.7. The standard InChI is InChI=1S/C29H32Cl2N2O2S/c1-3-21(2)32-29(35)27(17-22-8-5-4-6-9-22)33(18-23-12-14-25(30)15-13-23)28(34)20-36-19-24-10-7-11-26(31)16-24/h4-16,21,27H,3,17-20H2,1-2H3,(H,32,35)/t21-,27-/m0/s1. The van der Waals surface area contributed by atoms with Crippen molar-refractivity contribution in [2.24, 2.45) is 0 Å². The topological polar surface area (TPSA) is 49.4 Å². The molecular weight excluding hydrogens is 511 g/mol. The van der Waals surface area contributed by atoms with E-state index in [9.17, 15) is 9.59 Å². The monoisotopic (exact) mass is 542 g/mol. The fraction of sp³-hybridized carbons (Fsp3) is 0.310. The third-order valence-electron chi connectivity index (χ3n) is 5.92. The van der Waals surface area contributed by atoms with Gasteiger partial charge in [0.1, 0.15) is 6.04 Å². The molecule has 2 amide bonds. The van der Waals surface area contributed by atoms with Gasteiger partial charge in [0, 0.05) is 34.8 Å². The van der Waals surface area contributed by atoms with Crippen LogP contribution in [-0.4, -0.2) is 34.6 Å². The number of rotatable bonds is 12. The van der Waals surface area contributed by atoms with Crippen LogP contribution in [0, 0.1) is 0 Å². The molecule has 0 spiro atoms. The van der Waals surface area contributed by atoms with Crippen molar-refractivity contribution in [2.75, 3.05) is 5.75 Å². The maximum atomic E-state index is 13.6. The van der Waals surface area contributed by atoms with E-state index in [1.807, 2.05) is 80.6 Å². The fourth-order valence-electron chi connectivity index (χ4n) is 3.75. The summed E-state index contributed by atoms with van der Waals surface area (Å²) in [4.78, 5) is 28.8. The molecule has 36 heavy (non-hydrogen) atoms. The van der Waals surface area contributed by atoms with Crippen LogP contribution >= 0.6 is 35.0 Å². The first-order valence-electron chi connectivity index (χ1n) is 12.1. The minimum absolute atomic E-state index is 0.0143. The van der Waals surface area contributed by atoms with Gasteiger partial charge in [0.25, 0.3) is 0 Å². The number of hydrogen-bond acceptors (Lipinski definition) is 3. The Bertz CT molecular complexity index is 1130. The van der Waals surface area contributed by atoms with Gasteiger partial charge in [0.2, 0.25) is 11.8 Å². The van der Waals surface area contributed by atoms with Crippen LogP contribution in [-0.2, 0) is 28.3 Å². The highest BCUT2D eigenvalue weighted by Crippen LogP contribution is 2.21. The largest absolute Gasteiger partial charge is 0.352 e. The van der Waals surface area contributed by atoms with Gasteiger partial charge in [-0.25, -0.2) is 0 Å². The van der Waals surface area contributed by atoms with Crippen molar-refractivity contribution in [3.8, 4) is 0 Å². The van der Waals surface area contributed by atoms with Gasteiger partial charge in [-0.15, -0.1) is 11.8 Å². The van der Waals surface area contributed by atoms with E-state index in [1.165, 1.54) is 11.8 Å². The lowest BCUT2D eigenvalue weighted by Crippen LogP contribution is -2.52. The molecule has 0 radical (unpaired) electrons. The van der Waals surface area contributed by atoms with Crippen LogP contribution in [0.5, 0.6) is 0 Å². The predicted molar refractivity (Wildman–Crippen MR) is 151 cm³/mol. The first-order chi connectivity index (χ1) is 17.4. The Kier molecular flexibility index (Phi) is 11.2. The van der Waals surface area contributed by atoms with Gasteiger partial charge in [0.05, 0.1) is 5.75 Å². The Morgan fingerprint density at radius 3 is 2.25 bits per heavy atom. The zero-order valence-corrected chi connectivity index (χ0v) is 23.0. The van der Waals surface area contributed by atoms with Gasteiger partial charge >= 0.3 is 0 Å². The Labute approximate surface area is 228 Å². The molecule has 7 heteroatoms. The molecule has 0 aliphatic carbocycles. The number of nitrogens with one attached hydrogen (secondary N) is 1. The molecular formula is C29H32Cl2N2O2S. The van der Waals surface area contributed by atoms with E-state index < -0.39 is 6.04 Å². The van der Waals surface area contributed by atoms with Crippen LogP contribution in [0.1, 0.15) is 37.0 Å². The van der Waals surface area contributed by atoms with Crippen LogP contribution in [0.4, 0.5) is 0 Å². The lowest BCUT2D eigenvalue weighted by molar-refractivity contribution is -0.139. The van der Waals surface area contributed by atoms with E-state index in [-0.39, 0.29) is 23.6 Å². The summed E-state index contributed by atoms with van der Waals surface area (Å²) in [5.41, 5.74) is 2.98. The summed E-state index contributed by atoms with van der Waals surface area (Å²) < 4.78 is 0. The van der Waals surface area contributed by atoms with E-state index in [4.69, 9.17) is 23.2 Å². The Morgan fingerprint density at radius 2 is 1.58 bits per heavy atom. The normalized spacial score (nSPS) is 12.6. The minimum atomic E-state index is -0.642. The zero-order valence-electron chi connectivity index (χ0n) is 20.6. The van der Waals surface area contributed by atoms with Crippen molar-refractivity contribution < 1.29 is 9.59 Å². The highest BCUT2D eigenvalue weighted by Gasteiger charge is 2.30. The molecule has 0 saturated carbocycles. The maximum absolute atomic E-state index is 13.6. The van der Waals surface area contributed by atoms with Gasteiger partial charge in [-0.1, -0.05) is 84.7 Å². The number of amides is 2. The number of carbonyl (C=O) groups excluding carboxylic acids is 2. The maximum Gasteiger partial charge on any atom is 0.243 e. The third-order valence-corrected chi connectivity index (χ3v) is 7.40. The van der Waals surface area contributed by atoms with Crippen LogP contribution in [0.3, 0.4) is 0 Å². The molecule has 0 bridgehead atoms. The lowest BCUT2D eigenvalue weighted by Gasteiger charge is -2.32. The van der Waals surface area contributed by atoms with E-state index in [2.05, 4.69) is 5.32 Å². The summed E-state index contributed by atoms with van der Waals surface area (Å²) in [6, 6.07) is 24.2. The van der Waals surface area contributed by atoms with E-state index in [0.717, 1.165) is 23.1 Å². The third kappa shape index (κ3) is 8.88. The van der Waals surface area contributed by atoms with Crippen molar-refractivity contribution in [1.82, 2.24) is 10.2 Å². The summed E-state index contributed by atoms with van der Waals surface area (Å²) in [6.45, 7) is 4.32. The van der Waals surface area contributed by atoms with Crippen molar-refractivity contribution in [3.05, 3.63) is 106 Å². The smallest absolute Gasteiger partial charge is 0.243 e. The number of nitrogens with zero attached hydrogens (tertiary/aromatic N) is 1. The molecule has 2 atom stereocenters. The van der Waals surface area contributed by atoms with Crippen molar-refractivity contribution in [2.45, 2.75) is 51.1 Å². The summed E-state index contributed by atoms with van der Waals surface area (Å²) >= 11 is 13.7. The Morgan fingerprint density at radius 1 is 0.889 bits per heavy atom. The van der Waals surface area contributed by atoms with Crippen molar-refractivity contribution in [1.29, 1.82) is 0 Å². The SMILES string of the molecule is CC[C@H](C)NC(=O)[C@H](Cc1ccccc1)N(Cc1ccc(Cl)cc1)C(=O)CSCc1cccc(Cl)c1. The van der Waals surface area contributed by atoms with Gasteiger partial charge in [0.15, 0.2) is 0 Å². The number of carbonyl (C=O) groups is 2. The van der Waals surface area contributed by atoms with Gasteiger partial charge in [-0.3, -0.25) is 9.59 Å². The Hall–Kier alpha value is -2.47. The van der Waals surface area contributed by atoms with Crippen LogP contribution in [0.15, 0.2) is 78.9 Å². The van der Waals surface area contributed by atoms with E-state index in [1.54, 1.807) is 17.0 Å². The summed E-state index contributed by atoms with van der Waals surface area (Å²) in [5, 5.41) is 4.40. The predicted octanol–water partition coefficient (Wildman–Crippen LogP) is 6.78. The molecule has 190 valence electrons. The van der Waals surface area contributed by atoms with Gasteiger partial charge < -0.3 is 10.2 Å². The van der Waals surface area contributed by atoms with Crippen molar-refractivity contribution >= 4 is 46.8 Å². The second kappa shape index (κ2) is 14.3. The minimum Gasteiger partial charge on any atom is -0.352 e.